The smallest absolute Gasteiger partial charge is 0.242 e. The Balaban J connectivity index is 1.55. The van der Waals surface area contributed by atoms with Crippen molar-refractivity contribution in [2.45, 2.75) is 37.9 Å². The fourth-order valence-electron chi connectivity index (χ4n) is 3.12. The highest BCUT2D eigenvalue weighted by molar-refractivity contribution is 5.76. The van der Waals surface area contributed by atoms with Crippen LogP contribution in [0.2, 0.25) is 0 Å². The van der Waals surface area contributed by atoms with Crippen LogP contribution in [0, 0.1) is 0 Å². The first-order valence-corrected chi connectivity index (χ1v) is 6.55. The lowest BCUT2D eigenvalue weighted by atomic mass is 10.1. The van der Waals surface area contributed by atoms with Crippen molar-refractivity contribution in [3.8, 4) is 0 Å². The molecule has 1 aromatic rings. The van der Waals surface area contributed by atoms with Crippen molar-refractivity contribution in [1.29, 1.82) is 0 Å². The summed E-state index contributed by atoms with van der Waals surface area (Å²) in [5.74, 6) is 0.475. The summed E-state index contributed by atoms with van der Waals surface area (Å²) in [6.07, 6.45) is 5.26. The summed E-state index contributed by atoms with van der Waals surface area (Å²) in [7, 11) is 0. The third kappa shape index (κ3) is 2.20. The van der Waals surface area contributed by atoms with Crippen molar-refractivity contribution in [1.82, 2.24) is 20.0 Å². The number of hydrogen-bond donors (Lipinski definition) is 2. The van der Waals surface area contributed by atoms with Crippen LogP contribution >= 0.6 is 0 Å². The molecule has 18 heavy (non-hydrogen) atoms. The van der Waals surface area contributed by atoms with Gasteiger partial charge in [-0.05, 0) is 31.9 Å². The Bertz CT molecular complexity index is 443. The number of nitrogens with one attached hydrogen (secondary N) is 1. The molecule has 2 unspecified atom stereocenters. The number of nitrogens with zero attached hydrogens (tertiary/aromatic N) is 3. The number of amides is 1. The number of anilines is 1. The second-order valence-corrected chi connectivity index (χ2v) is 5.15. The summed E-state index contributed by atoms with van der Waals surface area (Å²) in [4.78, 5) is 14.4. The first kappa shape index (κ1) is 11.5. The van der Waals surface area contributed by atoms with Gasteiger partial charge in [0.25, 0.3) is 0 Å². The monoisotopic (exact) mass is 249 g/mol. The van der Waals surface area contributed by atoms with Crippen molar-refractivity contribution < 1.29 is 4.79 Å². The molecule has 0 aliphatic carbocycles. The van der Waals surface area contributed by atoms with Crippen LogP contribution in [0.25, 0.3) is 0 Å². The fourth-order valence-corrected chi connectivity index (χ4v) is 3.12. The topological polar surface area (TPSA) is 76.2 Å². The van der Waals surface area contributed by atoms with Crippen LogP contribution < -0.4 is 11.1 Å². The summed E-state index contributed by atoms with van der Waals surface area (Å²) in [5.41, 5.74) is 5.52. The van der Waals surface area contributed by atoms with Crippen molar-refractivity contribution in [3.63, 3.8) is 0 Å². The normalized spacial score (nSPS) is 27.3. The Morgan fingerprint density at radius 2 is 2.39 bits per heavy atom. The Morgan fingerprint density at radius 1 is 1.50 bits per heavy atom. The average Bonchev–Trinajstić information content (AvgIpc) is 2.98. The molecule has 0 saturated carbocycles. The van der Waals surface area contributed by atoms with Crippen molar-refractivity contribution >= 4 is 11.7 Å². The molecule has 1 amide bonds. The predicted molar refractivity (Wildman–Crippen MR) is 67.8 cm³/mol. The minimum atomic E-state index is 0.0249. The molecule has 1 aromatic heterocycles. The number of carbonyl (C=O) groups is 1. The van der Waals surface area contributed by atoms with E-state index in [1.54, 1.807) is 16.9 Å². The first-order valence-electron chi connectivity index (χ1n) is 6.55. The van der Waals surface area contributed by atoms with Crippen LogP contribution in [0.5, 0.6) is 0 Å². The number of carbonyl (C=O) groups excluding carboxylic acids is 1. The molecule has 6 nitrogen and oxygen atoms in total. The average molecular weight is 249 g/mol. The minimum absolute atomic E-state index is 0.0249. The summed E-state index contributed by atoms with van der Waals surface area (Å²) in [5, 5.41) is 7.14. The summed E-state index contributed by atoms with van der Waals surface area (Å²) < 4.78 is 1.58. The van der Waals surface area contributed by atoms with E-state index < -0.39 is 0 Å². The molecule has 0 aromatic carbocycles. The van der Waals surface area contributed by atoms with E-state index in [9.17, 15) is 4.79 Å². The molecule has 2 fully saturated rings. The largest absolute Gasteiger partial charge is 0.382 e. The van der Waals surface area contributed by atoms with Gasteiger partial charge in [0.05, 0.1) is 0 Å². The molecule has 0 spiro atoms. The Hall–Kier alpha value is -1.56. The Kier molecular flexibility index (Phi) is 2.95. The zero-order valence-corrected chi connectivity index (χ0v) is 10.4. The molecule has 3 N–H and O–H groups in total. The maximum atomic E-state index is 11.9. The van der Waals surface area contributed by atoms with Crippen LogP contribution in [0.15, 0.2) is 12.3 Å². The number of fused-ring (bicyclic) bond motifs is 1. The number of rotatable bonds is 3. The molecule has 2 saturated heterocycles. The molecule has 2 aliphatic rings. The maximum Gasteiger partial charge on any atom is 0.242 e. The molecule has 0 bridgehead atoms. The molecule has 6 heteroatoms. The summed E-state index contributed by atoms with van der Waals surface area (Å²) >= 11 is 0. The van der Waals surface area contributed by atoms with Gasteiger partial charge in [0.1, 0.15) is 12.4 Å². The zero-order chi connectivity index (χ0) is 12.5. The lowest BCUT2D eigenvalue weighted by molar-refractivity contribution is -0.122. The highest BCUT2D eigenvalue weighted by atomic mass is 16.2. The fraction of sp³-hybridized carbons (Fsp3) is 0.667. The van der Waals surface area contributed by atoms with E-state index in [1.165, 1.54) is 19.4 Å². The van der Waals surface area contributed by atoms with Crippen LogP contribution in [-0.2, 0) is 11.3 Å². The number of hydrogen-bond acceptors (Lipinski definition) is 4. The van der Waals surface area contributed by atoms with Crippen LogP contribution in [0.1, 0.15) is 19.3 Å². The number of nitrogens with two attached hydrogens (primary N) is 1. The van der Waals surface area contributed by atoms with Crippen LogP contribution in [-0.4, -0.2) is 45.8 Å². The zero-order valence-electron chi connectivity index (χ0n) is 10.4. The minimum Gasteiger partial charge on any atom is -0.382 e. The van der Waals surface area contributed by atoms with Gasteiger partial charge in [-0.15, -0.1) is 0 Å². The van der Waals surface area contributed by atoms with E-state index in [2.05, 4.69) is 15.3 Å². The van der Waals surface area contributed by atoms with Gasteiger partial charge in [-0.1, -0.05) is 0 Å². The lowest BCUT2D eigenvalue weighted by Gasteiger charge is -2.21. The van der Waals surface area contributed by atoms with Crippen molar-refractivity contribution in [3.05, 3.63) is 12.3 Å². The van der Waals surface area contributed by atoms with E-state index in [0.29, 0.717) is 17.9 Å². The third-order valence-electron chi connectivity index (χ3n) is 3.92. The highest BCUT2D eigenvalue weighted by Crippen LogP contribution is 2.27. The molecule has 3 heterocycles. The predicted octanol–water partition coefficient (Wildman–Crippen LogP) is -0.182. The maximum absolute atomic E-state index is 11.9. The van der Waals surface area contributed by atoms with Crippen LogP contribution in [0.4, 0.5) is 5.82 Å². The van der Waals surface area contributed by atoms with E-state index in [4.69, 9.17) is 5.73 Å². The van der Waals surface area contributed by atoms with Gasteiger partial charge in [0.2, 0.25) is 5.91 Å². The van der Waals surface area contributed by atoms with Crippen molar-refractivity contribution in [2.75, 3.05) is 18.8 Å². The molecule has 3 rings (SSSR count). The van der Waals surface area contributed by atoms with E-state index >= 15 is 0 Å². The molecule has 2 atom stereocenters. The Labute approximate surface area is 106 Å². The van der Waals surface area contributed by atoms with Gasteiger partial charge in [-0.3, -0.25) is 14.4 Å². The second-order valence-electron chi connectivity index (χ2n) is 5.15. The first-order chi connectivity index (χ1) is 8.72. The molecular weight excluding hydrogens is 230 g/mol. The third-order valence-corrected chi connectivity index (χ3v) is 3.92. The molecule has 0 radical (unpaired) electrons. The van der Waals surface area contributed by atoms with E-state index in [-0.39, 0.29) is 12.5 Å². The second kappa shape index (κ2) is 4.61. The van der Waals surface area contributed by atoms with Crippen LogP contribution in [0.3, 0.4) is 0 Å². The van der Waals surface area contributed by atoms with Gasteiger partial charge >= 0.3 is 0 Å². The Morgan fingerprint density at radius 3 is 3.17 bits per heavy atom. The van der Waals surface area contributed by atoms with Gasteiger partial charge < -0.3 is 11.1 Å². The van der Waals surface area contributed by atoms with Gasteiger partial charge in [0.15, 0.2) is 0 Å². The highest BCUT2D eigenvalue weighted by Gasteiger charge is 2.37. The number of aromatic nitrogens is 2. The number of nitrogen functional groups attached to an aromatic ring is 1. The van der Waals surface area contributed by atoms with E-state index in [0.717, 1.165) is 13.0 Å². The van der Waals surface area contributed by atoms with Gasteiger partial charge in [-0.2, -0.15) is 5.10 Å². The van der Waals surface area contributed by atoms with Gasteiger partial charge in [0, 0.05) is 24.8 Å². The quantitative estimate of drug-likeness (QED) is 0.779. The lowest BCUT2D eigenvalue weighted by Crippen LogP contribution is -2.43. The molecule has 98 valence electrons. The summed E-state index contributed by atoms with van der Waals surface area (Å²) in [6, 6.07) is 2.56. The van der Waals surface area contributed by atoms with Crippen molar-refractivity contribution in [2.24, 2.45) is 0 Å². The standard InChI is InChI=1S/C12H19N5O/c13-11-4-7-17(15-11)8-12(18)14-9-3-6-16-5-1-2-10(9)16/h4,7,9-10H,1-3,5-6,8H2,(H2,13,15)(H,14,18). The molecule has 2 aliphatic heterocycles. The SMILES string of the molecule is Nc1ccn(CC(=O)NC2CCN3CCCC23)n1. The summed E-state index contributed by atoms with van der Waals surface area (Å²) in [6.45, 7) is 2.55. The molecular formula is C12H19N5O. The van der Waals surface area contributed by atoms with E-state index in [1.807, 2.05) is 0 Å². The van der Waals surface area contributed by atoms with Gasteiger partial charge in [-0.25, -0.2) is 0 Å².